The van der Waals surface area contributed by atoms with E-state index < -0.39 is 0 Å². The molecule has 0 aliphatic heterocycles. The van der Waals surface area contributed by atoms with Crippen LogP contribution in [0.2, 0.25) is 0 Å². The van der Waals surface area contributed by atoms with Crippen molar-refractivity contribution >= 4 is 0 Å². The second-order valence-electron chi connectivity index (χ2n) is 3.90. The SMILES string of the molecule is CC(NCc1ccc(O)c(O)c1)c1ncc[nH]1. The van der Waals surface area contributed by atoms with Gasteiger partial charge in [0.05, 0.1) is 6.04 Å². The molecule has 1 heterocycles. The van der Waals surface area contributed by atoms with Crippen molar-refractivity contribution in [2.24, 2.45) is 0 Å². The number of nitrogens with one attached hydrogen (secondary N) is 2. The third kappa shape index (κ3) is 2.76. The van der Waals surface area contributed by atoms with Gasteiger partial charge in [-0.25, -0.2) is 4.98 Å². The highest BCUT2D eigenvalue weighted by Gasteiger charge is 2.07. The van der Waals surface area contributed by atoms with Crippen LogP contribution in [0.15, 0.2) is 30.6 Å². The number of benzene rings is 1. The van der Waals surface area contributed by atoms with Crippen LogP contribution in [0.1, 0.15) is 24.4 Å². The Morgan fingerprint density at radius 3 is 2.82 bits per heavy atom. The molecule has 1 atom stereocenters. The average Bonchev–Trinajstić information content (AvgIpc) is 2.84. The Labute approximate surface area is 99.2 Å². The number of aromatic nitrogens is 2. The van der Waals surface area contributed by atoms with Crippen molar-refractivity contribution in [1.29, 1.82) is 0 Å². The van der Waals surface area contributed by atoms with Gasteiger partial charge < -0.3 is 20.5 Å². The normalized spacial score (nSPS) is 12.5. The summed E-state index contributed by atoms with van der Waals surface area (Å²) in [4.78, 5) is 7.18. The van der Waals surface area contributed by atoms with Crippen LogP contribution in [0.25, 0.3) is 0 Å². The number of imidazole rings is 1. The van der Waals surface area contributed by atoms with Crippen molar-refractivity contribution in [2.75, 3.05) is 0 Å². The number of aromatic hydroxyl groups is 2. The molecule has 17 heavy (non-hydrogen) atoms. The molecule has 0 saturated carbocycles. The molecule has 0 saturated heterocycles. The number of H-pyrrole nitrogens is 1. The lowest BCUT2D eigenvalue weighted by atomic mass is 10.2. The highest BCUT2D eigenvalue weighted by atomic mass is 16.3. The average molecular weight is 233 g/mol. The first kappa shape index (κ1) is 11.5. The summed E-state index contributed by atoms with van der Waals surface area (Å²) in [7, 11) is 0. The Bertz CT molecular complexity index is 483. The van der Waals surface area contributed by atoms with Crippen LogP contribution in [0.4, 0.5) is 0 Å². The van der Waals surface area contributed by atoms with Gasteiger partial charge in [0, 0.05) is 18.9 Å². The highest BCUT2D eigenvalue weighted by molar-refractivity contribution is 5.40. The highest BCUT2D eigenvalue weighted by Crippen LogP contribution is 2.24. The zero-order valence-corrected chi connectivity index (χ0v) is 9.51. The van der Waals surface area contributed by atoms with E-state index >= 15 is 0 Å². The third-order valence-electron chi connectivity index (χ3n) is 2.58. The van der Waals surface area contributed by atoms with Crippen LogP contribution in [-0.4, -0.2) is 20.2 Å². The molecule has 2 rings (SSSR count). The minimum Gasteiger partial charge on any atom is -0.504 e. The van der Waals surface area contributed by atoms with E-state index in [0.29, 0.717) is 6.54 Å². The fourth-order valence-corrected chi connectivity index (χ4v) is 1.56. The van der Waals surface area contributed by atoms with E-state index in [4.69, 9.17) is 0 Å². The molecular weight excluding hydrogens is 218 g/mol. The number of rotatable bonds is 4. The molecule has 4 N–H and O–H groups in total. The summed E-state index contributed by atoms with van der Waals surface area (Å²) < 4.78 is 0. The van der Waals surface area contributed by atoms with Gasteiger partial charge in [-0.2, -0.15) is 0 Å². The van der Waals surface area contributed by atoms with Gasteiger partial charge in [-0.05, 0) is 24.6 Å². The second kappa shape index (κ2) is 4.88. The molecule has 2 aromatic rings. The maximum Gasteiger partial charge on any atom is 0.157 e. The molecule has 0 bridgehead atoms. The van der Waals surface area contributed by atoms with E-state index in [1.807, 2.05) is 6.92 Å². The van der Waals surface area contributed by atoms with Gasteiger partial charge in [-0.1, -0.05) is 6.07 Å². The number of phenols is 2. The number of nitrogens with zero attached hydrogens (tertiary/aromatic N) is 1. The molecule has 0 aliphatic rings. The summed E-state index contributed by atoms with van der Waals surface area (Å²) in [6.07, 6.45) is 3.49. The van der Waals surface area contributed by atoms with Crippen molar-refractivity contribution < 1.29 is 10.2 Å². The predicted molar refractivity (Wildman–Crippen MR) is 63.6 cm³/mol. The summed E-state index contributed by atoms with van der Waals surface area (Å²) >= 11 is 0. The minimum absolute atomic E-state index is 0.0981. The summed E-state index contributed by atoms with van der Waals surface area (Å²) in [5.74, 6) is 0.663. The van der Waals surface area contributed by atoms with Crippen LogP contribution >= 0.6 is 0 Å². The first-order valence-electron chi connectivity index (χ1n) is 5.40. The lowest BCUT2D eigenvalue weighted by Crippen LogP contribution is -2.19. The van der Waals surface area contributed by atoms with Gasteiger partial charge in [0.25, 0.3) is 0 Å². The molecule has 1 aromatic carbocycles. The van der Waals surface area contributed by atoms with E-state index in [9.17, 15) is 10.2 Å². The quantitative estimate of drug-likeness (QED) is 0.605. The summed E-state index contributed by atoms with van der Waals surface area (Å²) in [6, 6.07) is 4.87. The van der Waals surface area contributed by atoms with E-state index in [1.54, 1.807) is 18.5 Å². The monoisotopic (exact) mass is 233 g/mol. The second-order valence-corrected chi connectivity index (χ2v) is 3.90. The van der Waals surface area contributed by atoms with Crippen LogP contribution in [0.3, 0.4) is 0 Å². The van der Waals surface area contributed by atoms with E-state index in [2.05, 4.69) is 15.3 Å². The van der Waals surface area contributed by atoms with Crippen LogP contribution in [0, 0.1) is 0 Å². The number of phenolic OH excluding ortho intramolecular Hbond substituents is 2. The Morgan fingerprint density at radius 1 is 1.35 bits per heavy atom. The van der Waals surface area contributed by atoms with Crippen molar-refractivity contribution in [1.82, 2.24) is 15.3 Å². The van der Waals surface area contributed by atoms with Gasteiger partial charge in [0.15, 0.2) is 11.5 Å². The van der Waals surface area contributed by atoms with Gasteiger partial charge >= 0.3 is 0 Å². The molecule has 1 unspecified atom stereocenters. The topological polar surface area (TPSA) is 81.2 Å². The van der Waals surface area contributed by atoms with Crippen molar-refractivity contribution in [3.63, 3.8) is 0 Å². The van der Waals surface area contributed by atoms with Crippen LogP contribution in [-0.2, 0) is 6.54 Å². The van der Waals surface area contributed by atoms with Crippen molar-refractivity contribution in [3.8, 4) is 11.5 Å². The Hall–Kier alpha value is -2.01. The molecule has 0 spiro atoms. The lowest BCUT2D eigenvalue weighted by Gasteiger charge is -2.11. The van der Waals surface area contributed by atoms with E-state index in [1.165, 1.54) is 12.1 Å². The molecule has 0 amide bonds. The molecule has 0 fully saturated rings. The Kier molecular flexibility index (Phi) is 3.30. The number of hydrogen-bond acceptors (Lipinski definition) is 4. The number of hydrogen-bond donors (Lipinski definition) is 4. The first-order valence-corrected chi connectivity index (χ1v) is 5.40. The summed E-state index contributed by atoms with van der Waals surface area (Å²) in [5.41, 5.74) is 0.902. The fourth-order valence-electron chi connectivity index (χ4n) is 1.56. The zero-order chi connectivity index (χ0) is 12.3. The first-order chi connectivity index (χ1) is 8.16. The Balaban J connectivity index is 1.96. The van der Waals surface area contributed by atoms with Gasteiger partial charge in [-0.3, -0.25) is 0 Å². The van der Waals surface area contributed by atoms with Crippen molar-refractivity contribution in [3.05, 3.63) is 42.0 Å². The lowest BCUT2D eigenvalue weighted by molar-refractivity contribution is 0.402. The summed E-state index contributed by atoms with van der Waals surface area (Å²) in [6.45, 7) is 2.59. The summed E-state index contributed by atoms with van der Waals surface area (Å²) in [5, 5.41) is 21.8. The van der Waals surface area contributed by atoms with Gasteiger partial charge in [-0.15, -0.1) is 0 Å². The standard InChI is InChI=1S/C12H15N3O2/c1-8(12-13-4-5-14-12)15-7-9-2-3-10(16)11(17)6-9/h2-6,8,15-17H,7H2,1H3,(H,13,14). The molecule has 5 nitrogen and oxygen atoms in total. The molecule has 0 radical (unpaired) electrons. The van der Waals surface area contributed by atoms with Gasteiger partial charge in [0.2, 0.25) is 0 Å². The van der Waals surface area contributed by atoms with Crippen molar-refractivity contribution in [2.45, 2.75) is 19.5 Å². The smallest absolute Gasteiger partial charge is 0.157 e. The fraction of sp³-hybridized carbons (Fsp3) is 0.250. The zero-order valence-electron chi connectivity index (χ0n) is 9.51. The third-order valence-corrected chi connectivity index (χ3v) is 2.58. The largest absolute Gasteiger partial charge is 0.504 e. The van der Waals surface area contributed by atoms with Crippen LogP contribution in [0.5, 0.6) is 11.5 Å². The predicted octanol–water partition coefficient (Wildman–Crippen LogP) is 1.67. The molecule has 5 heteroatoms. The molecule has 0 aliphatic carbocycles. The Morgan fingerprint density at radius 2 is 2.18 bits per heavy atom. The van der Waals surface area contributed by atoms with E-state index in [-0.39, 0.29) is 17.5 Å². The molecular formula is C12H15N3O2. The van der Waals surface area contributed by atoms with Gasteiger partial charge in [0.1, 0.15) is 5.82 Å². The number of aromatic amines is 1. The molecule has 1 aromatic heterocycles. The van der Waals surface area contributed by atoms with E-state index in [0.717, 1.165) is 11.4 Å². The maximum atomic E-state index is 9.35. The molecule has 90 valence electrons. The van der Waals surface area contributed by atoms with Crippen LogP contribution < -0.4 is 5.32 Å². The maximum absolute atomic E-state index is 9.35. The minimum atomic E-state index is -0.104.